The molecule has 3 heterocycles. The van der Waals surface area contributed by atoms with Gasteiger partial charge in [0.1, 0.15) is 16.9 Å². The van der Waals surface area contributed by atoms with Crippen molar-refractivity contribution in [2.24, 2.45) is 0 Å². The highest BCUT2D eigenvalue weighted by Gasteiger charge is 2.49. The Morgan fingerprint density at radius 2 is 1.85 bits per heavy atom. The summed E-state index contributed by atoms with van der Waals surface area (Å²) in [5.41, 5.74) is 3.90. The molecule has 5 rings (SSSR count). The molecule has 0 saturated heterocycles. The quantitative estimate of drug-likeness (QED) is 0.448. The number of aryl methyl sites for hydroxylation is 2. The largest absolute Gasteiger partial charge is 0.350 e. The van der Waals surface area contributed by atoms with Crippen molar-refractivity contribution in [3.05, 3.63) is 94.5 Å². The molecule has 2 aromatic carbocycles. The number of nitrogens with one attached hydrogen (secondary N) is 1. The average Bonchev–Trinajstić information content (AvgIpc) is 3.50. The molecule has 34 heavy (non-hydrogen) atoms. The number of hydrogen-bond acceptors (Lipinski definition) is 4. The van der Waals surface area contributed by atoms with Crippen LogP contribution in [0.2, 0.25) is 0 Å². The van der Waals surface area contributed by atoms with Crippen LogP contribution in [0.4, 0.5) is 5.69 Å². The van der Waals surface area contributed by atoms with Gasteiger partial charge in [0.15, 0.2) is 0 Å². The predicted molar refractivity (Wildman–Crippen MR) is 135 cm³/mol. The number of aromatic nitrogens is 2. The van der Waals surface area contributed by atoms with Gasteiger partial charge in [-0.25, -0.2) is 0 Å². The molecular weight excluding hydrogens is 444 g/mol. The molecule has 7 heteroatoms. The van der Waals surface area contributed by atoms with Gasteiger partial charge in [0.2, 0.25) is 5.91 Å². The summed E-state index contributed by atoms with van der Waals surface area (Å²) in [6.07, 6.45) is 0. The zero-order valence-corrected chi connectivity index (χ0v) is 20.2. The zero-order valence-electron chi connectivity index (χ0n) is 19.4. The number of para-hydroxylation sites is 1. The van der Waals surface area contributed by atoms with Crippen LogP contribution in [0.25, 0.3) is 10.6 Å². The molecule has 1 aliphatic heterocycles. The number of rotatable bonds is 5. The number of amides is 2. The smallest absolute Gasteiger partial charge is 0.277 e. The molecule has 0 radical (unpaired) electrons. The summed E-state index contributed by atoms with van der Waals surface area (Å²) in [6, 6.07) is 21.5. The molecule has 0 saturated carbocycles. The first-order valence-corrected chi connectivity index (χ1v) is 12.1. The highest BCUT2D eigenvalue weighted by Crippen LogP contribution is 2.36. The Morgan fingerprint density at radius 1 is 1.09 bits per heavy atom. The van der Waals surface area contributed by atoms with Gasteiger partial charge in [0.05, 0.1) is 11.4 Å². The first kappa shape index (κ1) is 22.1. The molecule has 172 valence electrons. The summed E-state index contributed by atoms with van der Waals surface area (Å²) in [6.45, 7) is 6.45. The summed E-state index contributed by atoms with van der Waals surface area (Å²) >= 11 is 1.57. The molecule has 0 aliphatic carbocycles. The first-order chi connectivity index (χ1) is 16.4. The minimum absolute atomic E-state index is 0.219. The highest BCUT2D eigenvalue weighted by atomic mass is 32.1. The third-order valence-electron chi connectivity index (χ3n) is 6.35. The number of anilines is 1. The molecule has 6 nitrogen and oxygen atoms in total. The first-order valence-electron chi connectivity index (χ1n) is 11.2. The van der Waals surface area contributed by atoms with Gasteiger partial charge in [-0.2, -0.15) is 5.10 Å². The number of carbonyl (C=O) groups is 2. The SMILES string of the molecule is Cc1ccc(CNC(=O)[C@]2(C)Cn3nc(-c4cccs4)cc3C(=O)N2c2ccccc2C)cc1. The normalized spacial score (nSPS) is 17.5. The number of hydrogen-bond donors (Lipinski definition) is 1. The molecule has 0 bridgehead atoms. The van der Waals surface area contributed by atoms with Crippen molar-refractivity contribution in [1.29, 1.82) is 0 Å². The Morgan fingerprint density at radius 3 is 2.56 bits per heavy atom. The van der Waals surface area contributed by atoms with E-state index in [4.69, 9.17) is 5.10 Å². The van der Waals surface area contributed by atoms with Crippen LogP contribution in [-0.4, -0.2) is 27.1 Å². The molecular formula is C27H26N4O2S. The van der Waals surface area contributed by atoms with E-state index in [9.17, 15) is 9.59 Å². The minimum Gasteiger partial charge on any atom is -0.350 e. The van der Waals surface area contributed by atoms with Crippen LogP contribution < -0.4 is 10.2 Å². The second-order valence-electron chi connectivity index (χ2n) is 8.92. The maximum Gasteiger partial charge on any atom is 0.277 e. The van der Waals surface area contributed by atoms with Gasteiger partial charge in [0.25, 0.3) is 5.91 Å². The molecule has 1 N–H and O–H groups in total. The Hall–Kier alpha value is -3.71. The van der Waals surface area contributed by atoms with E-state index in [-0.39, 0.29) is 18.4 Å². The van der Waals surface area contributed by atoms with E-state index in [1.54, 1.807) is 20.9 Å². The summed E-state index contributed by atoms with van der Waals surface area (Å²) in [5.74, 6) is -0.452. The van der Waals surface area contributed by atoms with Gasteiger partial charge in [-0.15, -0.1) is 11.3 Å². The van der Waals surface area contributed by atoms with Gasteiger partial charge < -0.3 is 5.32 Å². The standard InChI is InChI=1S/C27H26N4O2S/c1-18-10-12-20(13-11-18)16-28-26(33)27(3)17-30-23(15-21(29-30)24-9-6-14-34-24)25(32)31(27)22-8-5-4-7-19(22)2/h4-15H,16-17H2,1-3H3,(H,28,33)/t27-/m0/s1. The lowest BCUT2D eigenvalue weighted by molar-refractivity contribution is -0.126. The Labute approximate surface area is 202 Å². The molecule has 1 atom stereocenters. The van der Waals surface area contributed by atoms with Gasteiger partial charge >= 0.3 is 0 Å². The van der Waals surface area contributed by atoms with Crippen molar-refractivity contribution in [2.75, 3.05) is 4.90 Å². The number of carbonyl (C=O) groups excluding carboxylic acids is 2. The fraction of sp³-hybridized carbons (Fsp3) is 0.222. The van der Waals surface area contributed by atoms with Crippen LogP contribution in [0, 0.1) is 13.8 Å². The maximum absolute atomic E-state index is 13.9. The number of fused-ring (bicyclic) bond motifs is 1. The number of nitrogens with zero attached hydrogens (tertiary/aromatic N) is 3. The zero-order chi connectivity index (χ0) is 23.9. The molecule has 1 aliphatic rings. The van der Waals surface area contributed by atoms with Crippen molar-refractivity contribution in [3.8, 4) is 10.6 Å². The van der Waals surface area contributed by atoms with Crippen molar-refractivity contribution >= 4 is 28.8 Å². The van der Waals surface area contributed by atoms with E-state index < -0.39 is 5.54 Å². The Kier molecular flexibility index (Phi) is 5.57. The molecule has 0 unspecified atom stereocenters. The van der Waals surface area contributed by atoms with E-state index in [0.29, 0.717) is 12.2 Å². The van der Waals surface area contributed by atoms with Crippen LogP contribution in [0.15, 0.2) is 72.1 Å². The molecule has 2 amide bonds. The summed E-state index contributed by atoms with van der Waals surface area (Å²) in [7, 11) is 0. The lowest BCUT2D eigenvalue weighted by Gasteiger charge is -2.43. The van der Waals surface area contributed by atoms with Crippen LogP contribution in [0.3, 0.4) is 0 Å². The Balaban J connectivity index is 1.54. The van der Waals surface area contributed by atoms with Crippen LogP contribution in [0.1, 0.15) is 34.1 Å². The van der Waals surface area contributed by atoms with Crippen molar-refractivity contribution < 1.29 is 9.59 Å². The highest BCUT2D eigenvalue weighted by molar-refractivity contribution is 7.13. The Bertz CT molecular complexity index is 1360. The van der Waals surface area contributed by atoms with E-state index in [1.807, 2.05) is 92.9 Å². The maximum atomic E-state index is 13.9. The number of thiophene rings is 1. The summed E-state index contributed by atoms with van der Waals surface area (Å²) in [5, 5.41) is 9.75. The second kappa shape index (κ2) is 8.57. The van der Waals surface area contributed by atoms with Gasteiger partial charge in [-0.3, -0.25) is 19.2 Å². The van der Waals surface area contributed by atoms with E-state index in [0.717, 1.165) is 27.4 Å². The predicted octanol–water partition coefficient (Wildman–Crippen LogP) is 4.96. The van der Waals surface area contributed by atoms with E-state index in [1.165, 1.54) is 5.56 Å². The third-order valence-corrected chi connectivity index (χ3v) is 7.24. The lowest BCUT2D eigenvalue weighted by atomic mass is 9.93. The average molecular weight is 471 g/mol. The van der Waals surface area contributed by atoms with E-state index >= 15 is 0 Å². The fourth-order valence-electron chi connectivity index (χ4n) is 4.40. The topological polar surface area (TPSA) is 67.2 Å². The summed E-state index contributed by atoms with van der Waals surface area (Å²) in [4.78, 5) is 30.2. The minimum atomic E-state index is -1.15. The van der Waals surface area contributed by atoms with E-state index in [2.05, 4.69) is 5.32 Å². The molecule has 0 spiro atoms. The van der Waals surface area contributed by atoms with Gasteiger partial charge in [-0.1, -0.05) is 54.1 Å². The van der Waals surface area contributed by atoms with Crippen molar-refractivity contribution in [2.45, 2.75) is 39.4 Å². The second-order valence-corrected chi connectivity index (χ2v) is 9.87. The molecule has 2 aromatic heterocycles. The lowest BCUT2D eigenvalue weighted by Crippen LogP contribution is -2.64. The van der Waals surface area contributed by atoms with Crippen molar-refractivity contribution in [1.82, 2.24) is 15.1 Å². The van der Waals surface area contributed by atoms with Crippen LogP contribution in [0.5, 0.6) is 0 Å². The fourth-order valence-corrected chi connectivity index (χ4v) is 5.08. The monoisotopic (exact) mass is 470 g/mol. The number of benzene rings is 2. The third kappa shape index (κ3) is 3.82. The van der Waals surface area contributed by atoms with Crippen LogP contribution in [-0.2, 0) is 17.9 Å². The van der Waals surface area contributed by atoms with Gasteiger partial charge in [-0.05, 0) is 55.5 Å². The van der Waals surface area contributed by atoms with Gasteiger partial charge in [0, 0.05) is 12.2 Å². The summed E-state index contributed by atoms with van der Waals surface area (Å²) < 4.78 is 1.68. The molecule has 4 aromatic rings. The van der Waals surface area contributed by atoms with Crippen molar-refractivity contribution in [3.63, 3.8) is 0 Å². The van der Waals surface area contributed by atoms with Crippen LogP contribution >= 0.6 is 11.3 Å². The molecule has 0 fully saturated rings.